The predicted octanol–water partition coefficient (Wildman–Crippen LogP) is 6.87. The molecule has 2 rings (SSSR count). The summed E-state index contributed by atoms with van der Waals surface area (Å²) in [6.07, 6.45) is 21.1. The summed E-state index contributed by atoms with van der Waals surface area (Å²) in [5.41, 5.74) is 1.41. The smallest absolute Gasteiger partial charge is 0.119 e. The molecular weight excluding hydrogens is 320 g/mol. The quantitative estimate of drug-likeness (QED) is 0.183. The van der Waals surface area contributed by atoms with E-state index in [0.29, 0.717) is 12.7 Å². The molecule has 0 amide bonds. The van der Waals surface area contributed by atoms with Gasteiger partial charge in [0.25, 0.3) is 0 Å². The molecule has 2 nitrogen and oxygen atoms in total. The van der Waals surface area contributed by atoms with Gasteiger partial charge in [0.15, 0.2) is 0 Å². The molecule has 0 saturated carbocycles. The molecule has 1 aromatic carbocycles. The minimum atomic E-state index is 0.327. The van der Waals surface area contributed by atoms with E-state index in [-0.39, 0.29) is 0 Å². The molecule has 1 fully saturated rings. The van der Waals surface area contributed by atoms with Gasteiger partial charge in [-0.3, -0.25) is 0 Å². The Morgan fingerprint density at radius 2 is 1.50 bits per heavy atom. The van der Waals surface area contributed by atoms with Gasteiger partial charge in [0.05, 0.1) is 6.61 Å². The van der Waals surface area contributed by atoms with Crippen LogP contribution in [-0.4, -0.2) is 19.3 Å². The number of allylic oxidation sites excluding steroid dienone is 2. The number of hydrogen-bond donors (Lipinski definition) is 0. The highest BCUT2D eigenvalue weighted by atomic mass is 16.6. The Morgan fingerprint density at radius 1 is 0.885 bits per heavy atom. The monoisotopic (exact) mass is 358 g/mol. The van der Waals surface area contributed by atoms with Crippen LogP contribution in [0.4, 0.5) is 0 Å². The molecule has 26 heavy (non-hydrogen) atoms. The Labute approximate surface area is 161 Å². The number of aryl methyl sites for hydroxylation is 1. The van der Waals surface area contributed by atoms with Crippen LogP contribution in [0.2, 0.25) is 0 Å². The second kappa shape index (κ2) is 13.9. The van der Waals surface area contributed by atoms with Crippen molar-refractivity contribution in [2.45, 2.75) is 90.1 Å². The van der Waals surface area contributed by atoms with Crippen molar-refractivity contribution in [3.63, 3.8) is 0 Å². The third-order valence-electron chi connectivity index (χ3n) is 4.99. The minimum absolute atomic E-state index is 0.327. The summed E-state index contributed by atoms with van der Waals surface area (Å²) in [5.74, 6) is 0.956. The summed E-state index contributed by atoms with van der Waals surface area (Å²) in [4.78, 5) is 0. The topological polar surface area (TPSA) is 21.8 Å². The molecule has 0 spiro atoms. The van der Waals surface area contributed by atoms with E-state index in [2.05, 4.69) is 43.3 Å². The van der Waals surface area contributed by atoms with Crippen LogP contribution in [0, 0.1) is 0 Å². The van der Waals surface area contributed by atoms with E-state index in [0.717, 1.165) is 18.8 Å². The Morgan fingerprint density at radius 3 is 2.15 bits per heavy atom. The molecule has 0 aromatic heterocycles. The van der Waals surface area contributed by atoms with Gasteiger partial charge >= 0.3 is 0 Å². The van der Waals surface area contributed by atoms with Crippen LogP contribution in [-0.2, 0) is 11.2 Å². The van der Waals surface area contributed by atoms with Crippen molar-refractivity contribution < 1.29 is 9.47 Å². The fourth-order valence-corrected chi connectivity index (χ4v) is 3.15. The molecule has 1 atom stereocenters. The van der Waals surface area contributed by atoms with E-state index >= 15 is 0 Å². The molecule has 1 saturated heterocycles. The van der Waals surface area contributed by atoms with Gasteiger partial charge < -0.3 is 9.47 Å². The van der Waals surface area contributed by atoms with E-state index < -0.39 is 0 Å². The van der Waals surface area contributed by atoms with E-state index in [1.807, 2.05) is 0 Å². The number of benzene rings is 1. The Hall–Kier alpha value is -1.28. The maximum absolute atomic E-state index is 5.67. The van der Waals surface area contributed by atoms with Crippen molar-refractivity contribution >= 4 is 0 Å². The normalized spacial score (nSPS) is 16.3. The molecule has 2 heteroatoms. The van der Waals surface area contributed by atoms with Crippen LogP contribution < -0.4 is 4.74 Å². The summed E-state index contributed by atoms with van der Waals surface area (Å²) in [7, 11) is 0. The lowest BCUT2D eigenvalue weighted by molar-refractivity contribution is 0.263. The summed E-state index contributed by atoms with van der Waals surface area (Å²) >= 11 is 0. The van der Waals surface area contributed by atoms with Crippen LogP contribution in [0.25, 0.3) is 0 Å². The SMILES string of the molecule is CCCCCCCCC/C=C/CCCCc1ccc(OCC2CO2)cc1. The first kappa shape index (κ1) is 21.0. The molecule has 1 aliphatic heterocycles. The van der Waals surface area contributed by atoms with Crippen LogP contribution >= 0.6 is 0 Å². The zero-order valence-corrected chi connectivity index (χ0v) is 16.8. The first-order valence-electron chi connectivity index (χ1n) is 10.9. The Kier molecular flexibility index (Phi) is 11.2. The third kappa shape index (κ3) is 10.7. The second-order valence-corrected chi connectivity index (χ2v) is 7.54. The maximum atomic E-state index is 5.67. The predicted molar refractivity (Wildman–Crippen MR) is 111 cm³/mol. The highest BCUT2D eigenvalue weighted by Crippen LogP contribution is 2.17. The zero-order valence-electron chi connectivity index (χ0n) is 16.8. The lowest BCUT2D eigenvalue weighted by atomic mass is 10.1. The van der Waals surface area contributed by atoms with Crippen molar-refractivity contribution in [1.29, 1.82) is 0 Å². The van der Waals surface area contributed by atoms with Crippen molar-refractivity contribution in [3.05, 3.63) is 42.0 Å². The van der Waals surface area contributed by atoms with Crippen LogP contribution in [0.5, 0.6) is 5.75 Å². The summed E-state index contributed by atoms with van der Waals surface area (Å²) in [6.45, 7) is 3.82. The van der Waals surface area contributed by atoms with Crippen molar-refractivity contribution in [3.8, 4) is 5.75 Å². The summed E-state index contributed by atoms with van der Waals surface area (Å²) in [5, 5.41) is 0. The van der Waals surface area contributed by atoms with Crippen LogP contribution in [0.3, 0.4) is 0 Å². The van der Waals surface area contributed by atoms with Gasteiger partial charge in [-0.05, 0) is 56.2 Å². The molecule has 0 radical (unpaired) electrons. The van der Waals surface area contributed by atoms with Crippen molar-refractivity contribution in [2.24, 2.45) is 0 Å². The Balaban J connectivity index is 1.40. The first-order chi connectivity index (χ1) is 12.9. The highest BCUT2D eigenvalue weighted by molar-refractivity contribution is 5.27. The van der Waals surface area contributed by atoms with Gasteiger partial charge in [0.1, 0.15) is 18.5 Å². The van der Waals surface area contributed by atoms with Gasteiger partial charge in [-0.2, -0.15) is 0 Å². The van der Waals surface area contributed by atoms with Gasteiger partial charge in [-0.1, -0.05) is 69.7 Å². The molecule has 0 bridgehead atoms. The number of hydrogen-bond acceptors (Lipinski definition) is 2. The fraction of sp³-hybridized carbons (Fsp3) is 0.667. The largest absolute Gasteiger partial charge is 0.491 e. The first-order valence-corrected chi connectivity index (χ1v) is 10.9. The van der Waals surface area contributed by atoms with E-state index in [9.17, 15) is 0 Å². The van der Waals surface area contributed by atoms with Crippen molar-refractivity contribution in [2.75, 3.05) is 13.2 Å². The van der Waals surface area contributed by atoms with Crippen LogP contribution in [0.15, 0.2) is 36.4 Å². The maximum Gasteiger partial charge on any atom is 0.119 e. The zero-order chi connectivity index (χ0) is 18.3. The second-order valence-electron chi connectivity index (χ2n) is 7.54. The average Bonchev–Trinajstić information content (AvgIpc) is 3.49. The molecule has 0 aliphatic carbocycles. The molecule has 146 valence electrons. The minimum Gasteiger partial charge on any atom is -0.491 e. The van der Waals surface area contributed by atoms with Crippen LogP contribution in [0.1, 0.15) is 83.1 Å². The van der Waals surface area contributed by atoms with E-state index in [4.69, 9.17) is 9.47 Å². The highest BCUT2D eigenvalue weighted by Gasteiger charge is 2.22. The standard InChI is InChI=1S/C24H38O2/c1-2-3-4-5-6-7-8-9-10-11-12-13-14-15-22-16-18-23(19-17-22)25-20-24-21-26-24/h10-11,16-19,24H,2-9,12-15,20-21H2,1H3/b11-10+. The van der Waals surface area contributed by atoms with Gasteiger partial charge in [-0.15, -0.1) is 0 Å². The molecular formula is C24H38O2. The number of ether oxygens (including phenoxy) is 2. The lowest BCUT2D eigenvalue weighted by Gasteiger charge is -2.05. The third-order valence-corrected chi connectivity index (χ3v) is 4.99. The molecule has 1 aromatic rings. The summed E-state index contributed by atoms with van der Waals surface area (Å²) < 4.78 is 10.8. The fourth-order valence-electron chi connectivity index (χ4n) is 3.15. The molecule has 1 heterocycles. The molecule has 1 unspecified atom stereocenters. The summed E-state index contributed by atoms with van der Waals surface area (Å²) in [6, 6.07) is 8.55. The van der Waals surface area contributed by atoms with E-state index in [1.165, 1.54) is 76.2 Å². The number of epoxide rings is 1. The van der Waals surface area contributed by atoms with Gasteiger partial charge in [0.2, 0.25) is 0 Å². The lowest BCUT2D eigenvalue weighted by Crippen LogP contribution is -2.03. The van der Waals surface area contributed by atoms with E-state index in [1.54, 1.807) is 0 Å². The van der Waals surface area contributed by atoms with Gasteiger partial charge in [0, 0.05) is 0 Å². The Bertz CT molecular complexity index is 473. The van der Waals surface area contributed by atoms with Gasteiger partial charge in [-0.25, -0.2) is 0 Å². The molecule has 1 aliphatic rings. The number of unbranched alkanes of at least 4 members (excludes halogenated alkanes) is 9. The number of rotatable bonds is 16. The van der Waals surface area contributed by atoms with Crippen molar-refractivity contribution in [1.82, 2.24) is 0 Å². The molecule has 0 N–H and O–H groups in total. The average molecular weight is 359 g/mol.